The number of amides is 1. The predicted octanol–water partition coefficient (Wildman–Crippen LogP) is 0.261. The van der Waals surface area contributed by atoms with Crippen LogP contribution in [0.4, 0.5) is 0 Å². The van der Waals surface area contributed by atoms with Gasteiger partial charge in [0.2, 0.25) is 5.91 Å². The lowest BCUT2D eigenvalue weighted by atomic mass is 9.84. The summed E-state index contributed by atoms with van der Waals surface area (Å²) in [6, 6.07) is 8.07. The third-order valence-corrected chi connectivity index (χ3v) is 5.15. The molecule has 4 N–H and O–H groups in total. The van der Waals surface area contributed by atoms with Gasteiger partial charge in [-0.1, -0.05) is 29.8 Å². The molecule has 0 saturated carbocycles. The largest absolute Gasteiger partial charge is 0.385 e. The number of aryl methyl sites for hydroxylation is 1. The number of piperidine rings is 1. The van der Waals surface area contributed by atoms with Crippen LogP contribution in [0.2, 0.25) is 0 Å². The Morgan fingerprint density at radius 3 is 2.67 bits per heavy atom. The number of carbonyl (C=O) groups is 1. The third-order valence-electron chi connectivity index (χ3n) is 5.15. The molecule has 1 unspecified atom stereocenters. The normalized spacial score (nSPS) is 24.0. The van der Waals surface area contributed by atoms with Crippen LogP contribution in [-0.4, -0.2) is 54.7 Å². The van der Waals surface area contributed by atoms with Gasteiger partial charge in [-0.25, -0.2) is 5.43 Å². The van der Waals surface area contributed by atoms with Crippen molar-refractivity contribution in [3.8, 4) is 0 Å². The molecule has 2 fully saturated rings. The van der Waals surface area contributed by atoms with Crippen molar-refractivity contribution in [2.45, 2.75) is 37.8 Å². The number of hydrazine groups is 1. The monoisotopic (exact) mass is 332 g/mol. The Kier molecular flexibility index (Phi) is 5.50. The highest BCUT2D eigenvalue weighted by molar-refractivity contribution is 5.81. The van der Waals surface area contributed by atoms with Crippen molar-refractivity contribution in [1.82, 2.24) is 21.1 Å². The number of likely N-dealkylation sites (tertiary alicyclic amines) is 1. The summed E-state index contributed by atoms with van der Waals surface area (Å²) in [6.45, 7) is 6.08. The molecule has 0 radical (unpaired) electrons. The molecule has 3 rings (SSSR count). The average molecular weight is 332 g/mol. The lowest BCUT2D eigenvalue weighted by Gasteiger charge is -2.38. The molecule has 132 valence electrons. The van der Waals surface area contributed by atoms with Crippen LogP contribution < -0.4 is 16.2 Å². The van der Waals surface area contributed by atoms with Crippen molar-refractivity contribution >= 4 is 5.91 Å². The molecule has 2 saturated heterocycles. The first-order valence-electron chi connectivity index (χ1n) is 8.85. The van der Waals surface area contributed by atoms with Crippen molar-refractivity contribution < 1.29 is 9.90 Å². The SMILES string of the molecule is Cc1ccc(C2(O)CCN(CCNC(=O)C3CCNN3)CC2)cc1. The number of nitrogens with zero attached hydrogens (tertiary/aromatic N) is 1. The molecule has 2 aliphatic rings. The van der Waals surface area contributed by atoms with Gasteiger partial charge in [0.1, 0.15) is 6.04 Å². The molecule has 0 aliphatic carbocycles. The van der Waals surface area contributed by atoms with Crippen LogP contribution >= 0.6 is 0 Å². The minimum atomic E-state index is -0.715. The van der Waals surface area contributed by atoms with Crippen molar-refractivity contribution in [2.75, 3.05) is 32.7 Å². The highest BCUT2D eigenvalue weighted by atomic mass is 16.3. The first-order chi connectivity index (χ1) is 11.6. The molecular weight excluding hydrogens is 304 g/mol. The van der Waals surface area contributed by atoms with Gasteiger partial charge in [0.25, 0.3) is 0 Å². The molecule has 2 heterocycles. The zero-order valence-corrected chi connectivity index (χ0v) is 14.3. The van der Waals surface area contributed by atoms with Gasteiger partial charge in [0, 0.05) is 32.7 Å². The first-order valence-corrected chi connectivity index (χ1v) is 8.85. The van der Waals surface area contributed by atoms with Crippen LogP contribution in [0.5, 0.6) is 0 Å². The molecule has 1 aromatic carbocycles. The fourth-order valence-electron chi connectivity index (χ4n) is 3.44. The van der Waals surface area contributed by atoms with Crippen molar-refractivity contribution in [3.63, 3.8) is 0 Å². The zero-order valence-electron chi connectivity index (χ0n) is 14.3. The summed E-state index contributed by atoms with van der Waals surface area (Å²) in [7, 11) is 0. The molecule has 2 aliphatic heterocycles. The summed E-state index contributed by atoms with van der Waals surface area (Å²) in [6.07, 6.45) is 2.30. The van der Waals surface area contributed by atoms with Gasteiger partial charge in [-0.05, 0) is 31.7 Å². The fourth-order valence-corrected chi connectivity index (χ4v) is 3.44. The first kappa shape index (κ1) is 17.4. The van der Waals surface area contributed by atoms with E-state index >= 15 is 0 Å². The second-order valence-corrected chi connectivity index (χ2v) is 6.94. The Bertz CT molecular complexity index is 547. The number of hydrogen-bond donors (Lipinski definition) is 4. The third kappa shape index (κ3) is 4.13. The van der Waals surface area contributed by atoms with Crippen LogP contribution in [0.25, 0.3) is 0 Å². The van der Waals surface area contributed by atoms with Gasteiger partial charge >= 0.3 is 0 Å². The van der Waals surface area contributed by atoms with E-state index in [0.29, 0.717) is 6.54 Å². The van der Waals surface area contributed by atoms with Crippen LogP contribution in [0.15, 0.2) is 24.3 Å². The van der Waals surface area contributed by atoms with Gasteiger partial charge in [0.15, 0.2) is 0 Å². The summed E-state index contributed by atoms with van der Waals surface area (Å²) < 4.78 is 0. The minimum Gasteiger partial charge on any atom is -0.385 e. The molecular formula is C18H28N4O2. The van der Waals surface area contributed by atoms with Gasteiger partial charge in [-0.15, -0.1) is 0 Å². The summed E-state index contributed by atoms with van der Waals surface area (Å²) in [4.78, 5) is 14.2. The van der Waals surface area contributed by atoms with Crippen molar-refractivity contribution in [2.24, 2.45) is 0 Å². The van der Waals surface area contributed by atoms with E-state index in [9.17, 15) is 9.90 Å². The Balaban J connectivity index is 1.41. The minimum absolute atomic E-state index is 0.0631. The Morgan fingerprint density at radius 1 is 1.33 bits per heavy atom. The average Bonchev–Trinajstić information content (AvgIpc) is 3.12. The molecule has 6 heteroatoms. The van der Waals surface area contributed by atoms with E-state index in [1.54, 1.807) is 0 Å². The number of nitrogens with one attached hydrogen (secondary N) is 3. The van der Waals surface area contributed by atoms with Crippen molar-refractivity contribution in [3.05, 3.63) is 35.4 Å². The lowest BCUT2D eigenvalue weighted by Crippen LogP contribution is -2.47. The molecule has 6 nitrogen and oxygen atoms in total. The molecule has 0 bridgehead atoms. The van der Waals surface area contributed by atoms with E-state index in [1.165, 1.54) is 5.56 Å². The number of carbonyl (C=O) groups excluding carboxylic acids is 1. The van der Waals surface area contributed by atoms with E-state index in [2.05, 4.69) is 40.1 Å². The summed E-state index contributed by atoms with van der Waals surface area (Å²) in [5.74, 6) is 0.0631. The second-order valence-electron chi connectivity index (χ2n) is 6.94. The molecule has 24 heavy (non-hydrogen) atoms. The predicted molar refractivity (Wildman–Crippen MR) is 93.3 cm³/mol. The second kappa shape index (κ2) is 7.61. The molecule has 0 spiro atoms. The Hall–Kier alpha value is -1.47. The molecule has 1 aromatic rings. The Labute approximate surface area is 143 Å². The van der Waals surface area contributed by atoms with Gasteiger partial charge in [-0.3, -0.25) is 10.2 Å². The molecule has 1 amide bonds. The van der Waals surface area contributed by atoms with E-state index < -0.39 is 5.60 Å². The molecule has 0 aromatic heterocycles. The highest BCUT2D eigenvalue weighted by Crippen LogP contribution is 2.32. The number of aliphatic hydroxyl groups is 1. The maximum absolute atomic E-state index is 11.9. The smallest absolute Gasteiger partial charge is 0.238 e. The van der Waals surface area contributed by atoms with Crippen LogP contribution in [0.1, 0.15) is 30.4 Å². The van der Waals surface area contributed by atoms with E-state index in [-0.39, 0.29) is 11.9 Å². The van der Waals surface area contributed by atoms with Crippen LogP contribution in [-0.2, 0) is 10.4 Å². The summed E-state index contributed by atoms with van der Waals surface area (Å²) >= 11 is 0. The molecule has 1 atom stereocenters. The van der Waals surface area contributed by atoms with Gasteiger partial charge in [0.05, 0.1) is 5.60 Å². The van der Waals surface area contributed by atoms with Crippen LogP contribution in [0.3, 0.4) is 0 Å². The number of hydrogen-bond acceptors (Lipinski definition) is 5. The van der Waals surface area contributed by atoms with Gasteiger partial charge in [-0.2, -0.15) is 0 Å². The van der Waals surface area contributed by atoms with E-state index in [4.69, 9.17) is 0 Å². The fraction of sp³-hybridized carbons (Fsp3) is 0.611. The number of rotatable bonds is 5. The highest BCUT2D eigenvalue weighted by Gasteiger charge is 2.33. The summed E-state index contributed by atoms with van der Waals surface area (Å²) in [5.41, 5.74) is 7.45. The van der Waals surface area contributed by atoms with Crippen LogP contribution in [0, 0.1) is 6.92 Å². The van der Waals surface area contributed by atoms with E-state index in [0.717, 1.165) is 51.0 Å². The zero-order chi connectivity index (χ0) is 17.0. The lowest BCUT2D eigenvalue weighted by molar-refractivity contribution is -0.123. The number of benzene rings is 1. The topological polar surface area (TPSA) is 76.6 Å². The summed E-state index contributed by atoms with van der Waals surface area (Å²) in [5, 5.41) is 13.9. The maximum Gasteiger partial charge on any atom is 0.238 e. The van der Waals surface area contributed by atoms with Gasteiger partial charge < -0.3 is 15.3 Å². The van der Waals surface area contributed by atoms with E-state index in [1.807, 2.05) is 12.1 Å². The Morgan fingerprint density at radius 2 is 2.04 bits per heavy atom. The maximum atomic E-state index is 11.9. The van der Waals surface area contributed by atoms with Crippen molar-refractivity contribution in [1.29, 1.82) is 0 Å². The quantitative estimate of drug-likeness (QED) is 0.622. The standard InChI is InChI=1S/C18H28N4O2/c1-14-2-4-15(5-3-14)18(24)7-11-22(12-8-18)13-10-19-17(23)16-6-9-20-21-16/h2-5,16,20-21,24H,6-13H2,1H3,(H,19,23).